The highest BCUT2D eigenvalue weighted by molar-refractivity contribution is 5.93. The van der Waals surface area contributed by atoms with E-state index in [2.05, 4.69) is 19.2 Å². The maximum absolute atomic E-state index is 13.0. The summed E-state index contributed by atoms with van der Waals surface area (Å²) in [7, 11) is 0. The molecule has 1 amide bonds. The van der Waals surface area contributed by atoms with Crippen LogP contribution >= 0.6 is 0 Å². The van der Waals surface area contributed by atoms with Crippen molar-refractivity contribution in [1.82, 2.24) is 0 Å². The lowest BCUT2D eigenvalue weighted by Crippen LogP contribution is -2.20. The van der Waals surface area contributed by atoms with Crippen molar-refractivity contribution in [2.24, 2.45) is 0 Å². The molecule has 1 heterocycles. The molecule has 1 N–H and O–H groups in total. The second kappa shape index (κ2) is 11.4. The van der Waals surface area contributed by atoms with Crippen molar-refractivity contribution in [2.45, 2.75) is 26.7 Å². The van der Waals surface area contributed by atoms with E-state index in [9.17, 15) is 14.4 Å². The van der Waals surface area contributed by atoms with E-state index >= 15 is 0 Å². The van der Waals surface area contributed by atoms with E-state index in [0.717, 1.165) is 5.56 Å². The zero-order valence-electron chi connectivity index (χ0n) is 20.8. The molecule has 0 spiro atoms. The lowest BCUT2D eigenvalue weighted by Gasteiger charge is -2.13. The Morgan fingerprint density at radius 1 is 0.973 bits per heavy atom. The van der Waals surface area contributed by atoms with Crippen LogP contribution in [0.5, 0.6) is 17.2 Å². The van der Waals surface area contributed by atoms with E-state index in [1.165, 1.54) is 6.26 Å². The summed E-state index contributed by atoms with van der Waals surface area (Å²) in [6.45, 7) is 5.86. The molecule has 0 aliphatic rings. The largest absolute Gasteiger partial charge is 0.484 e. The van der Waals surface area contributed by atoms with E-state index < -0.39 is 11.9 Å². The van der Waals surface area contributed by atoms with Crippen LogP contribution in [-0.4, -0.2) is 25.1 Å². The van der Waals surface area contributed by atoms with Crippen molar-refractivity contribution >= 4 is 28.5 Å². The number of hydrogen-bond acceptors (Lipinski definition) is 7. The predicted molar refractivity (Wildman–Crippen MR) is 140 cm³/mol. The topological polar surface area (TPSA) is 104 Å². The van der Waals surface area contributed by atoms with Crippen LogP contribution in [0.25, 0.3) is 11.0 Å². The maximum atomic E-state index is 13.0. The molecule has 8 nitrogen and oxygen atoms in total. The van der Waals surface area contributed by atoms with Gasteiger partial charge in [0, 0.05) is 11.8 Å². The van der Waals surface area contributed by atoms with Gasteiger partial charge in [0.15, 0.2) is 6.61 Å². The Labute approximate surface area is 213 Å². The fourth-order valence-electron chi connectivity index (χ4n) is 3.67. The average Bonchev–Trinajstić information content (AvgIpc) is 2.90. The first-order valence-electron chi connectivity index (χ1n) is 11.9. The van der Waals surface area contributed by atoms with Gasteiger partial charge in [0.05, 0.1) is 17.6 Å². The normalized spacial score (nSPS) is 10.8. The number of anilines is 1. The van der Waals surface area contributed by atoms with Crippen molar-refractivity contribution < 1.29 is 28.2 Å². The van der Waals surface area contributed by atoms with Crippen LogP contribution in [0.4, 0.5) is 5.69 Å². The third kappa shape index (κ3) is 6.16. The first-order chi connectivity index (χ1) is 17.9. The Kier molecular flexibility index (Phi) is 7.88. The van der Waals surface area contributed by atoms with Crippen LogP contribution in [0.15, 0.2) is 82.2 Å². The number of fused-ring (bicyclic) bond motifs is 1. The number of carbonyl (C=O) groups is 2. The van der Waals surface area contributed by atoms with Crippen LogP contribution in [0, 0.1) is 0 Å². The fourth-order valence-corrected chi connectivity index (χ4v) is 3.67. The Hall–Kier alpha value is -4.59. The van der Waals surface area contributed by atoms with Gasteiger partial charge in [-0.2, -0.15) is 0 Å². The zero-order valence-corrected chi connectivity index (χ0v) is 20.8. The van der Waals surface area contributed by atoms with E-state index in [4.69, 9.17) is 18.6 Å². The van der Waals surface area contributed by atoms with Gasteiger partial charge in [-0.05, 0) is 60.9 Å². The molecule has 37 heavy (non-hydrogen) atoms. The van der Waals surface area contributed by atoms with Crippen molar-refractivity contribution in [3.63, 3.8) is 0 Å². The van der Waals surface area contributed by atoms with Crippen LogP contribution in [0.3, 0.4) is 0 Å². The quantitative estimate of drug-likeness (QED) is 0.285. The van der Waals surface area contributed by atoms with Crippen LogP contribution < -0.4 is 20.2 Å². The summed E-state index contributed by atoms with van der Waals surface area (Å²) in [4.78, 5) is 37.0. The highest BCUT2D eigenvalue weighted by Gasteiger charge is 2.14. The Balaban J connectivity index is 1.40. The molecule has 0 saturated heterocycles. The predicted octanol–water partition coefficient (Wildman–Crippen LogP) is 5.90. The van der Waals surface area contributed by atoms with Gasteiger partial charge in [0.1, 0.15) is 23.3 Å². The van der Waals surface area contributed by atoms with E-state index in [1.54, 1.807) is 49.4 Å². The van der Waals surface area contributed by atoms with Gasteiger partial charge in [0.25, 0.3) is 5.91 Å². The summed E-state index contributed by atoms with van der Waals surface area (Å²) < 4.78 is 22.0. The zero-order chi connectivity index (χ0) is 26.4. The van der Waals surface area contributed by atoms with Gasteiger partial charge < -0.3 is 23.9 Å². The van der Waals surface area contributed by atoms with Crippen LogP contribution in [0.2, 0.25) is 0 Å². The molecular formula is C29H27NO7. The monoisotopic (exact) mass is 501 g/mol. The molecule has 0 bridgehead atoms. The number of para-hydroxylation sites is 1. The van der Waals surface area contributed by atoms with Crippen molar-refractivity contribution in [2.75, 3.05) is 18.5 Å². The second-order valence-corrected chi connectivity index (χ2v) is 8.52. The van der Waals surface area contributed by atoms with Crippen LogP contribution in [-0.2, 0) is 9.53 Å². The number of benzene rings is 3. The Bertz CT molecular complexity index is 1470. The number of hydrogen-bond donors (Lipinski definition) is 1. The third-order valence-corrected chi connectivity index (χ3v) is 5.53. The summed E-state index contributed by atoms with van der Waals surface area (Å²) in [5.41, 5.74) is 1.89. The summed E-state index contributed by atoms with van der Waals surface area (Å²) in [5.74, 6) is 0.462. The van der Waals surface area contributed by atoms with Crippen molar-refractivity contribution in [3.05, 3.63) is 94.3 Å². The van der Waals surface area contributed by atoms with E-state index in [-0.39, 0.29) is 30.3 Å². The minimum atomic E-state index is -0.425. The van der Waals surface area contributed by atoms with Gasteiger partial charge >= 0.3 is 5.97 Å². The highest BCUT2D eigenvalue weighted by Crippen LogP contribution is 2.30. The molecule has 0 aliphatic carbocycles. The number of esters is 1. The van der Waals surface area contributed by atoms with Crippen molar-refractivity contribution in [1.29, 1.82) is 0 Å². The molecule has 0 aliphatic heterocycles. The summed E-state index contributed by atoms with van der Waals surface area (Å²) in [6, 6.07) is 18.6. The number of carbonyl (C=O) groups excluding carboxylic acids is 2. The molecule has 8 heteroatoms. The van der Waals surface area contributed by atoms with Crippen molar-refractivity contribution in [3.8, 4) is 17.2 Å². The molecule has 0 unspecified atom stereocenters. The Morgan fingerprint density at radius 2 is 1.73 bits per heavy atom. The number of nitrogens with one attached hydrogen (secondary N) is 1. The number of amides is 1. The van der Waals surface area contributed by atoms with Gasteiger partial charge in [-0.1, -0.05) is 32.0 Å². The molecule has 0 saturated carbocycles. The summed E-state index contributed by atoms with van der Waals surface area (Å²) in [6.07, 6.45) is 1.28. The minimum Gasteiger partial charge on any atom is -0.484 e. The second-order valence-electron chi connectivity index (χ2n) is 8.52. The lowest BCUT2D eigenvalue weighted by molar-refractivity contribution is -0.118. The first-order valence-corrected chi connectivity index (χ1v) is 11.9. The minimum absolute atomic E-state index is 0.0858. The summed E-state index contributed by atoms with van der Waals surface area (Å²) >= 11 is 0. The molecule has 190 valence electrons. The lowest BCUT2D eigenvalue weighted by atomic mass is 10.0. The van der Waals surface area contributed by atoms with Gasteiger partial charge in [0.2, 0.25) is 11.2 Å². The van der Waals surface area contributed by atoms with Gasteiger partial charge in [-0.15, -0.1) is 0 Å². The van der Waals surface area contributed by atoms with Gasteiger partial charge in [-0.3, -0.25) is 9.59 Å². The summed E-state index contributed by atoms with van der Waals surface area (Å²) in [5, 5.41) is 3.03. The molecule has 0 atom stereocenters. The average molecular weight is 502 g/mol. The smallest absolute Gasteiger partial charge is 0.338 e. The highest BCUT2D eigenvalue weighted by atomic mass is 16.5. The van der Waals surface area contributed by atoms with E-state index in [1.807, 2.05) is 24.3 Å². The van der Waals surface area contributed by atoms with E-state index in [0.29, 0.717) is 33.7 Å². The number of rotatable bonds is 9. The molecular weight excluding hydrogens is 474 g/mol. The standard InChI is InChI=1S/C29H27NO7/c1-4-34-29(33)19-9-11-20(12-10-19)30-27(31)17-35-21-13-14-23-25(15-21)36-16-26(28(23)32)37-24-8-6-5-7-22(24)18(2)3/h5-16,18H,4,17H2,1-3H3,(H,30,31). The Morgan fingerprint density at radius 3 is 2.46 bits per heavy atom. The van der Waals surface area contributed by atoms with Gasteiger partial charge in [-0.25, -0.2) is 4.79 Å². The molecule has 1 aromatic heterocycles. The maximum Gasteiger partial charge on any atom is 0.338 e. The van der Waals surface area contributed by atoms with Crippen LogP contribution in [0.1, 0.15) is 42.6 Å². The molecule has 0 radical (unpaired) electrons. The molecule has 0 fully saturated rings. The first kappa shape index (κ1) is 25.5. The molecule has 4 aromatic rings. The fraction of sp³-hybridized carbons (Fsp3) is 0.207. The SMILES string of the molecule is CCOC(=O)c1ccc(NC(=O)COc2ccc3c(=O)c(Oc4ccccc4C(C)C)coc3c2)cc1. The molecule has 4 rings (SSSR count). The number of ether oxygens (including phenoxy) is 3. The molecule has 3 aromatic carbocycles. The third-order valence-electron chi connectivity index (χ3n) is 5.53.